The molecule has 0 bridgehead atoms. The molecule has 0 aliphatic carbocycles. The minimum atomic E-state index is -0.154. The Kier molecular flexibility index (Phi) is 8.42. The maximum atomic E-state index is 13.8. The van der Waals surface area contributed by atoms with Crippen molar-refractivity contribution in [1.82, 2.24) is 9.55 Å². The van der Waals surface area contributed by atoms with Crippen molar-refractivity contribution < 1.29 is 14.3 Å². The average Bonchev–Trinajstić information content (AvgIpc) is 3.34. The van der Waals surface area contributed by atoms with Gasteiger partial charge in [0.05, 0.1) is 25.5 Å². The third-order valence-corrected chi connectivity index (χ3v) is 8.84. The zero-order chi connectivity index (χ0) is 28.2. The molecule has 5 aromatic rings. The highest BCUT2D eigenvalue weighted by Crippen LogP contribution is 2.32. The quantitative estimate of drug-likeness (QED) is 0.147. The van der Waals surface area contributed by atoms with Gasteiger partial charge in [-0.25, -0.2) is 4.98 Å². The smallest absolute Gasteiger partial charge is 0.272 e. The van der Waals surface area contributed by atoms with Crippen LogP contribution >= 0.6 is 23.1 Å². The second-order valence-corrected chi connectivity index (χ2v) is 11.7. The van der Waals surface area contributed by atoms with Gasteiger partial charge in [0.2, 0.25) is 5.91 Å². The molecule has 40 heavy (non-hydrogen) atoms. The number of anilines is 1. The van der Waals surface area contributed by atoms with Gasteiger partial charge in [0.25, 0.3) is 5.56 Å². The Morgan fingerprint density at radius 3 is 2.50 bits per heavy atom. The monoisotopic (exact) mass is 573 g/mol. The molecule has 0 atom stereocenters. The van der Waals surface area contributed by atoms with E-state index >= 15 is 0 Å². The van der Waals surface area contributed by atoms with Crippen molar-refractivity contribution in [1.29, 1.82) is 0 Å². The molecular weight excluding hydrogens is 542 g/mol. The third-order valence-electron chi connectivity index (χ3n) is 6.71. The first-order valence-corrected chi connectivity index (χ1v) is 14.8. The molecule has 0 radical (unpaired) electrons. The molecule has 0 aliphatic rings. The summed E-state index contributed by atoms with van der Waals surface area (Å²) in [6, 6.07) is 21.5. The van der Waals surface area contributed by atoms with Crippen molar-refractivity contribution in [2.45, 2.75) is 37.9 Å². The molecule has 0 spiro atoms. The van der Waals surface area contributed by atoms with E-state index in [1.165, 1.54) is 28.7 Å². The molecule has 3 aromatic carbocycles. The highest BCUT2D eigenvalue weighted by molar-refractivity contribution is 7.99. The lowest BCUT2D eigenvalue weighted by Crippen LogP contribution is -2.24. The first-order chi connectivity index (χ1) is 19.4. The fourth-order valence-electron chi connectivity index (χ4n) is 4.52. The minimum absolute atomic E-state index is 0.0983. The van der Waals surface area contributed by atoms with Crippen molar-refractivity contribution in [2.24, 2.45) is 0 Å². The number of ether oxygens (including phenoxy) is 2. The molecule has 2 aromatic heterocycles. The van der Waals surface area contributed by atoms with Gasteiger partial charge in [-0.3, -0.25) is 14.2 Å². The third kappa shape index (κ3) is 5.85. The number of methoxy groups -OCH3 is 2. The van der Waals surface area contributed by atoms with Crippen LogP contribution in [0.15, 0.2) is 76.7 Å². The summed E-state index contributed by atoms with van der Waals surface area (Å²) in [4.78, 5) is 31.5. The molecule has 5 rings (SSSR count). The summed E-state index contributed by atoms with van der Waals surface area (Å²) in [5.41, 5.74) is 3.54. The van der Waals surface area contributed by atoms with Gasteiger partial charge in [0, 0.05) is 22.3 Å². The van der Waals surface area contributed by atoms with Crippen LogP contribution in [0.3, 0.4) is 0 Å². The number of hydrogen-bond acceptors (Lipinski definition) is 7. The maximum absolute atomic E-state index is 13.8. The highest BCUT2D eigenvalue weighted by Gasteiger charge is 2.18. The maximum Gasteiger partial charge on any atom is 0.272 e. The van der Waals surface area contributed by atoms with E-state index in [2.05, 4.69) is 19.2 Å². The van der Waals surface area contributed by atoms with Crippen LogP contribution in [-0.2, 0) is 17.8 Å². The number of thioether (sulfide) groups is 1. The Balaban J connectivity index is 1.42. The first kappa shape index (κ1) is 27.7. The summed E-state index contributed by atoms with van der Waals surface area (Å²) >= 11 is 2.72. The van der Waals surface area contributed by atoms with E-state index in [0.29, 0.717) is 45.8 Å². The number of nitrogens with zero attached hydrogens (tertiary/aromatic N) is 2. The molecule has 2 heterocycles. The van der Waals surface area contributed by atoms with E-state index < -0.39 is 0 Å². The molecule has 7 nitrogen and oxygen atoms in total. The molecule has 206 valence electrons. The van der Waals surface area contributed by atoms with E-state index in [1.54, 1.807) is 18.8 Å². The number of thiophene rings is 1. The summed E-state index contributed by atoms with van der Waals surface area (Å²) in [6.45, 7) is 4.68. The number of rotatable bonds is 10. The van der Waals surface area contributed by atoms with Crippen molar-refractivity contribution in [3.8, 4) is 11.5 Å². The molecular formula is C31H31N3O4S2. The average molecular weight is 574 g/mol. The summed E-state index contributed by atoms with van der Waals surface area (Å²) in [5, 5.41) is 4.42. The topological polar surface area (TPSA) is 82.5 Å². The van der Waals surface area contributed by atoms with Crippen LogP contribution in [0.2, 0.25) is 0 Å². The SMILES string of the molecule is COc1ccc(CCn2c(SCC(=O)Nc3ccc(C(C)C)cc3)nc3c(sc4ccccc43)c2=O)cc1OC. The fourth-order valence-corrected chi connectivity index (χ4v) is 6.43. The second-order valence-electron chi connectivity index (χ2n) is 9.68. The number of amides is 1. The lowest BCUT2D eigenvalue weighted by Gasteiger charge is -2.14. The normalized spacial score (nSPS) is 11.3. The number of carbonyl (C=O) groups is 1. The van der Waals surface area contributed by atoms with Gasteiger partial charge in [0.1, 0.15) is 4.70 Å². The van der Waals surface area contributed by atoms with Crippen LogP contribution in [0.25, 0.3) is 20.3 Å². The molecule has 0 fully saturated rings. The summed E-state index contributed by atoms with van der Waals surface area (Å²) in [7, 11) is 3.20. The van der Waals surface area contributed by atoms with Crippen LogP contribution in [0, 0.1) is 0 Å². The number of hydrogen-bond donors (Lipinski definition) is 1. The van der Waals surface area contributed by atoms with E-state index in [9.17, 15) is 9.59 Å². The summed E-state index contributed by atoms with van der Waals surface area (Å²) < 4.78 is 14.1. The van der Waals surface area contributed by atoms with Crippen LogP contribution in [0.4, 0.5) is 5.69 Å². The van der Waals surface area contributed by atoms with Crippen molar-refractivity contribution in [3.63, 3.8) is 0 Å². The molecule has 0 aliphatic heterocycles. The lowest BCUT2D eigenvalue weighted by atomic mass is 10.0. The van der Waals surface area contributed by atoms with Crippen LogP contribution in [0.5, 0.6) is 11.5 Å². The minimum Gasteiger partial charge on any atom is -0.493 e. The zero-order valence-electron chi connectivity index (χ0n) is 22.9. The Morgan fingerprint density at radius 1 is 1.02 bits per heavy atom. The number of fused-ring (bicyclic) bond motifs is 3. The fraction of sp³-hybridized carbons (Fsp3) is 0.258. The van der Waals surface area contributed by atoms with Crippen LogP contribution < -0.4 is 20.3 Å². The Labute approximate surface area is 241 Å². The second kappa shape index (κ2) is 12.1. The van der Waals surface area contributed by atoms with Crippen molar-refractivity contribution in [2.75, 3.05) is 25.3 Å². The van der Waals surface area contributed by atoms with Gasteiger partial charge in [-0.05, 0) is 53.8 Å². The molecule has 9 heteroatoms. The van der Waals surface area contributed by atoms with E-state index in [-0.39, 0.29) is 17.2 Å². The summed E-state index contributed by atoms with van der Waals surface area (Å²) in [5.74, 6) is 1.68. The first-order valence-electron chi connectivity index (χ1n) is 13.0. The molecule has 1 N–H and O–H groups in total. The predicted octanol–water partition coefficient (Wildman–Crippen LogP) is 6.73. The number of carbonyl (C=O) groups excluding carboxylic acids is 1. The molecule has 0 unspecified atom stereocenters. The largest absolute Gasteiger partial charge is 0.493 e. The Bertz CT molecular complexity index is 1730. The highest BCUT2D eigenvalue weighted by atomic mass is 32.2. The van der Waals surface area contributed by atoms with E-state index in [0.717, 1.165) is 21.3 Å². The summed E-state index contributed by atoms with van der Waals surface area (Å²) in [6.07, 6.45) is 0.584. The van der Waals surface area contributed by atoms with E-state index in [1.807, 2.05) is 66.7 Å². The Hall–Kier alpha value is -3.82. The van der Waals surface area contributed by atoms with Gasteiger partial charge < -0.3 is 14.8 Å². The zero-order valence-corrected chi connectivity index (χ0v) is 24.5. The molecule has 1 amide bonds. The Morgan fingerprint density at radius 2 is 1.77 bits per heavy atom. The molecule has 0 saturated carbocycles. The van der Waals surface area contributed by atoms with E-state index in [4.69, 9.17) is 14.5 Å². The van der Waals surface area contributed by atoms with Gasteiger partial charge in [-0.1, -0.05) is 62.0 Å². The number of aryl methyl sites for hydroxylation is 1. The molecule has 0 saturated heterocycles. The number of benzene rings is 3. The van der Waals surface area contributed by atoms with Gasteiger partial charge >= 0.3 is 0 Å². The van der Waals surface area contributed by atoms with Gasteiger partial charge in [-0.15, -0.1) is 11.3 Å². The van der Waals surface area contributed by atoms with Crippen LogP contribution in [-0.4, -0.2) is 35.4 Å². The number of nitrogens with one attached hydrogen (secondary N) is 1. The predicted molar refractivity (Wildman–Crippen MR) is 165 cm³/mol. The number of aromatic nitrogens is 2. The lowest BCUT2D eigenvalue weighted by molar-refractivity contribution is -0.113. The van der Waals surface area contributed by atoms with Crippen LogP contribution in [0.1, 0.15) is 30.9 Å². The van der Waals surface area contributed by atoms with Crippen molar-refractivity contribution >= 4 is 55.0 Å². The standard InChI is InChI=1S/C31H31N3O4S2/c1-19(2)21-10-12-22(13-11-21)32-27(35)18-39-31-33-28-23-7-5-6-8-26(23)40-29(28)30(36)34(31)16-15-20-9-14-24(37-3)25(17-20)38-4/h5-14,17,19H,15-16,18H2,1-4H3,(H,32,35). The van der Waals surface area contributed by atoms with Gasteiger partial charge in [0.15, 0.2) is 16.7 Å². The van der Waals surface area contributed by atoms with Gasteiger partial charge in [-0.2, -0.15) is 0 Å². The van der Waals surface area contributed by atoms with Crippen molar-refractivity contribution in [3.05, 3.63) is 88.2 Å².